The molecular formula is C14H9Cl2N3O3S. The zero-order valence-electron chi connectivity index (χ0n) is 11.5. The maximum absolute atomic E-state index is 12.1. The summed E-state index contributed by atoms with van der Waals surface area (Å²) in [6, 6.07) is 4.11. The molecule has 118 valence electrons. The normalized spacial score (nSPS) is 10.9. The number of halogens is 2. The third kappa shape index (κ3) is 3.17. The molecule has 1 aromatic carbocycles. The number of rotatable bonds is 3. The van der Waals surface area contributed by atoms with Crippen LogP contribution in [-0.2, 0) is 11.3 Å². The lowest BCUT2D eigenvalue weighted by Gasteiger charge is -2.08. The predicted octanol–water partition coefficient (Wildman–Crippen LogP) is 3.00. The van der Waals surface area contributed by atoms with Crippen LogP contribution in [0.1, 0.15) is 16.1 Å². The van der Waals surface area contributed by atoms with E-state index in [9.17, 15) is 9.59 Å². The van der Waals surface area contributed by atoms with Crippen LogP contribution < -0.4 is 11.3 Å². The Bertz CT molecular complexity index is 968. The summed E-state index contributed by atoms with van der Waals surface area (Å²) in [5, 5.41) is 2.18. The van der Waals surface area contributed by atoms with E-state index in [1.807, 2.05) is 0 Å². The van der Waals surface area contributed by atoms with Gasteiger partial charge in [0.1, 0.15) is 6.61 Å². The summed E-state index contributed by atoms with van der Waals surface area (Å²) in [5.41, 5.74) is 6.00. The fourth-order valence-electron chi connectivity index (χ4n) is 1.93. The number of hydrogen-bond acceptors (Lipinski definition) is 6. The van der Waals surface area contributed by atoms with Gasteiger partial charge in [-0.2, -0.15) is 0 Å². The summed E-state index contributed by atoms with van der Waals surface area (Å²) in [6.45, 7) is -0.161. The number of ether oxygens (including phenoxy) is 1. The van der Waals surface area contributed by atoms with Gasteiger partial charge in [-0.3, -0.25) is 9.20 Å². The first kappa shape index (κ1) is 15.8. The van der Waals surface area contributed by atoms with E-state index >= 15 is 0 Å². The number of nitrogens with zero attached hydrogens (tertiary/aromatic N) is 2. The van der Waals surface area contributed by atoms with Crippen LogP contribution >= 0.6 is 34.5 Å². The lowest BCUT2D eigenvalue weighted by atomic mass is 10.2. The zero-order chi connectivity index (χ0) is 16.6. The number of nitrogens with two attached hydrogens (primary N) is 1. The van der Waals surface area contributed by atoms with E-state index < -0.39 is 5.97 Å². The van der Waals surface area contributed by atoms with Gasteiger partial charge >= 0.3 is 5.97 Å². The Balaban J connectivity index is 1.82. The number of aromatic nitrogens is 2. The van der Waals surface area contributed by atoms with E-state index in [0.717, 1.165) is 0 Å². The Hall–Kier alpha value is -2.09. The summed E-state index contributed by atoms with van der Waals surface area (Å²) >= 11 is 13.0. The summed E-state index contributed by atoms with van der Waals surface area (Å²) in [6.07, 6.45) is 1.62. The van der Waals surface area contributed by atoms with Crippen LogP contribution in [0.25, 0.3) is 4.96 Å². The predicted molar refractivity (Wildman–Crippen MR) is 89.3 cm³/mol. The lowest BCUT2D eigenvalue weighted by molar-refractivity contribution is 0.0469. The molecule has 0 bridgehead atoms. The van der Waals surface area contributed by atoms with Crippen molar-refractivity contribution in [3.05, 3.63) is 61.4 Å². The van der Waals surface area contributed by atoms with Crippen molar-refractivity contribution in [1.29, 1.82) is 0 Å². The molecule has 0 radical (unpaired) electrons. The second-order valence-corrected chi connectivity index (χ2v) is 6.28. The van der Waals surface area contributed by atoms with Gasteiger partial charge in [-0.25, -0.2) is 9.78 Å². The Morgan fingerprint density at radius 2 is 2.13 bits per heavy atom. The molecule has 0 fully saturated rings. The number of carbonyl (C=O) groups is 1. The largest absolute Gasteiger partial charge is 0.456 e. The molecule has 2 N–H and O–H groups in total. The summed E-state index contributed by atoms with van der Waals surface area (Å²) in [4.78, 5) is 28.7. The van der Waals surface area contributed by atoms with Gasteiger partial charge < -0.3 is 10.5 Å². The topological polar surface area (TPSA) is 86.7 Å². The van der Waals surface area contributed by atoms with Crippen molar-refractivity contribution in [3.63, 3.8) is 0 Å². The van der Waals surface area contributed by atoms with Crippen LogP contribution in [0.4, 0.5) is 5.69 Å². The van der Waals surface area contributed by atoms with E-state index in [-0.39, 0.29) is 33.5 Å². The van der Waals surface area contributed by atoms with Crippen molar-refractivity contribution < 1.29 is 9.53 Å². The van der Waals surface area contributed by atoms with Crippen LogP contribution in [0.3, 0.4) is 0 Å². The van der Waals surface area contributed by atoms with Gasteiger partial charge in [0, 0.05) is 22.7 Å². The highest BCUT2D eigenvalue weighted by Crippen LogP contribution is 2.28. The van der Waals surface area contributed by atoms with E-state index in [1.54, 1.807) is 11.6 Å². The van der Waals surface area contributed by atoms with E-state index in [0.29, 0.717) is 10.7 Å². The van der Waals surface area contributed by atoms with Gasteiger partial charge in [0.05, 0.1) is 22.0 Å². The van der Waals surface area contributed by atoms with Crippen molar-refractivity contribution in [1.82, 2.24) is 9.38 Å². The molecule has 6 nitrogen and oxygen atoms in total. The quantitative estimate of drug-likeness (QED) is 0.566. The molecule has 9 heteroatoms. The average molecular weight is 370 g/mol. The zero-order valence-corrected chi connectivity index (χ0v) is 13.8. The molecule has 2 heterocycles. The van der Waals surface area contributed by atoms with Gasteiger partial charge in [-0.1, -0.05) is 23.2 Å². The molecule has 23 heavy (non-hydrogen) atoms. The molecular weight excluding hydrogens is 361 g/mol. The minimum atomic E-state index is -0.694. The Labute approximate surface area is 144 Å². The number of carbonyl (C=O) groups excluding carboxylic acids is 1. The minimum Gasteiger partial charge on any atom is -0.456 e. The minimum absolute atomic E-state index is 0.0661. The monoisotopic (exact) mass is 369 g/mol. The van der Waals surface area contributed by atoms with Crippen LogP contribution in [0, 0.1) is 0 Å². The van der Waals surface area contributed by atoms with E-state index in [2.05, 4.69) is 4.98 Å². The van der Waals surface area contributed by atoms with Gasteiger partial charge in [0.25, 0.3) is 5.56 Å². The molecule has 0 aliphatic carbocycles. The molecule has 3 rings (SSSR count). The first-order chi connectivity index (χ1) is 11.0. The highest BCUT2D eigenvalue weighted by atomic mass is 35.5. The maximum atomic E-state index is 12.1. The van der Waals surface area contributed by atoms with Crippen molar-refractivity contribution in [2.24, 2.45) is 0 Å². The standard InChI is InChI=1S/C14H9Cl2N3O3S/c15-7-3-9(12(17)10(16)4-7)13(21)22-6-8-5-11(20)19-1-2-23-14(19)18-8/h1-5H,6,17H2. The fourth-order valence-corrected chi connectivity index (χ4v) is 3.16. The molecule has 0 saturated carbocycles. The molecule has 0 atom stereocenters. The summed E-state index contributed by atoms with van der Waals surface area (Å²) in [7, 11) is 0. The maximum Gasteiger partial charge on any atom is 0.340 e. The van der Waals surface area contributed by atoms with E-state index in [4.69, 9.17) is 33.7 Å². The highest BCUT2D eigenvalue weighted by Gasteiger charge is 2.16. The second kappa shape index (κ2) is 6.19. The average Bonchev–Trinajstić information content (AvgIpc) is 2.97. The number of anilines is 1. The molecule has 0 spiro atoms. The summed E-state index contributed by atoms with van der Waals surface area (Å²) in [5.74, 6) is -0.694. The van der Waals surface area contributed by atoms with Crippen LogP contribution in [0.5, 0.6) is 0 Å². The van der Waals surface area contributed by atoms with Gasteiger partial charge in [0.15, 0.2) is 4.96 Å². The van der Waals surface area contributed by atoms with Crippen LogP contribution in [-0.4, -0.2) is 15.4 Å². The van der Waals surface area contributed by atoms with Crippen molar-refractivity contribution in [3.8, 4) is 0 Å². The van der Waals surface area contributed by atoms with Crippen molar-refractivity contribution >= 4 is 51.2 Å². The van der Waals surface area contributed by atoms with Crippen molar-refractivity contribution in [2.75, 3.05) is 5.73 Å². The highest BCUT2D eigenvalue weighted by molar-refractivity contribution is 7.15. The van der Waals surface area contributed by atoms with Gasteiger partial charge in [-0.05, 0) is 12.1 Å². The molecule has 0 amide bonds. The number of esters is 1. The molecule has 0 unspecified atom stereocenters. The molecule has 0 saturated heterocycles. The van der Waals surface area contributed by atoms with E-state index in [1.165, 1.54) is 33.9 Å². The number of benzene rings is 1. The van der Waals surface area contributed by atoms with Crippen LogP contribution in [0.15, 0.2) is 34.6 Å². The van der Waals surface area contributed by atoms with Gasteiger partial charge in [0.2, 0.25) is 0 Å². The second-order valence-electron chi connectivity index (χ2n) is 4.57. The molecule has 0 aliphatic rings. The molecule has 3 aromatic rings. The third-order valence-electron chi connectivity index (χ3n) is 3.02. The van der Waals surface area contributed by atoms with Crippen molar-refractivity contribution in [2.45, 2.75) is 6.61 Å². The smallest absolute Gasteiger partial charge is 0.340 e. The SMILES string of the molecule is Nc1c(Cl)cc(Cl)cc1C(=O)OCc1cc(=O)n2ccsc2n1. The van der Waals surface area contributed by atoms with Crippen LogP contribution in [0.2, 0.25) is 10.0 Å². The first-order valence-corrected chi connectivity index (χ1v) is 7.96. The summed E-state index contributed by atoms with van der Waals surface area (Å²) < 4.78 is 6.55. The Morgan fingerprint density at radius 1 is 1.35 bits per heavy atom. The Morgan fingerprint density at radius 3 is 2.91 bits per heavy atom. The molecule has 2 aromatic heterocycles. The number of fused-ring (bicyclic) bond motifs is 1. The molecule has 0 aliphatic heterocycles. The third-order valence-corrected chi connectivity index (χ3v) is 4.31. The number of hydrogen-bond donors (Lipinski definition) is 1. The first-order valence-electron chi connectivity index (χ1n) is 6.33. The lowest BCUT2D eigenvalue weighted by Crippen LogP contribution is -2.15. The fraction of sp³-hybridized carbons (Fsp3) is 0.0714. The number of nitrogen functional groups attached to an aromatic ring is 1. The Kier molecular flexibility index (Phi) is 4.25. The number of thiazole rings is 1. The van der Waals surface area contributed by atoms with Gasteiger partial charge in [-0.15, -0.1) is 11.3 Å².